The summed E-state index contributed by atoms with van der Waals surface area (Å²) in [7, 11) is 0. The van der Waals surface area contributed by atoms with Gasteiger partial charge in [0.15, 0.2) is 11.6 Å². The van der Waals surface area contributed by atoms with E-state index in [1.54, 1.807) is 59.1 Å². The second-order valence-corrected chi connectivity index (χ2v) is 22.1. The first-order valence-electron chi connectivity index (χ1n) is 23.9. The fraction of sp³-hybridized carbons (Fsp3) is 0.129. The summed E-state index contributed by atoms with van der Waals surface area (Å²) in [6.07, 6.45) is 8.16. The van der Waals surface area contributed by atoms with Gasteiger partial charge in [0.05, 0.1) is 11.4 Å². The number of halogens is 4. The molecule has 2 aromatic heterocycles. The van der Waals surface area contributed by atoms with E-state index in [1.807, 2.05) is 146 Å². The topological polar surface area (TPSA) is 83.6 Å². The minimum Gasteiger partial charge on any atom is -0.289 e. The predicted molar refractivity (Wildman–Crippen MR) is 309 cm³/mol. The normalized spacial score (nSPS) is 15.4. The van der Waals surface area contributed by atoms with Crippen LogP contribution in [0.1, 0.15) is 66.3 Å². The van der Waals surface area contributed by atoms with Crippen LogP contribution in [0.2, 0.25) is 20.1 Å². The molecule has 74 heavy (non-hydrogen) atoms. The van der Waals surface area contributed by atoms with Crippen LogP contribution >= 0.6 is 69.1 Å². The SMILES string of the molecule is Cc1c(-c2sc(C(/N=N/c3cc(Cl)cc(Cl)c3)C3C=C(c4ccccc4)C(=O)C(c4ccccc4)=C3)c(C)c2C)sc(C(/N=N/c2cc(Cl)cc(Cl)c2)C2C=C(c3ccccc3)C(=O)C(c3ccccc3)=C2)c1C. The molecule has 0 amide bonds. The van der Waals surface area contributed by atoms with Crippen LogP contribution in [0.25, 0.3) is 32.0 Å². The molecule has 2 heterocycles. The number of ketones is 2. The molecule has 0 spiro atoms. The Bertz CT molecular complexity index is 3250. The summed E-state index contributed by atoms with van der Waals surface area (Å²) in [5.41, 5.74) is 11.0. The number of hydrogen-bond acceptors (Lipinski definition) is 8. The molecule has 2 atom stereocenters. The second kappa shape index (κ2) is 22.1. The highest BCUT2D eigenvalue weighted by molar-refractivity contribution is 7.22. The Morgan fingerprint density at radius 2 is 0.662 bits per heavy atom. The van der Waals surface area contributed by atoms with Gasteiger partial charge in [-0.05, 0) is 109 Å². The number of hydrogen-bond donors (Lipinski definition) is 0. The first-order valence-corrected chi connectivity index (χ1v) is 27.1. The number of allylic oxidation sites excluding steroid dienone is 4. The molecule has 8 aromatic rings. The Morgan fingerprint density at radius 3 is 0.932 bits per heavy atom. The molecule has 0 saturated heterocycles. The second-order valence-electron chi connectivity index (χ2n) is 18.3. The van der Waals surface area contributed by atoms with Crippen molar-refractivity contribution in [2.24, 2.45) is 32.3 Å². The van der Waals surface area contributed by atoms with Gasteiger partial charge in [-0.15, -0.1) is 22.7 Å². The van der Waals surface area contributed by atoms with Gasteiger partial charge in [0.1, 0.15) is 12.1 Å². The third-order valence-corrected chi connectivity index (χ3v) is 17.5. The van der Waals surface area contributed by atoms with E-state index in [2.05, 4.69) is 27.7 Å². The monoisotopic (exact) mass is 1080 g/mol. The molecule has 6 aromatic carbocycles. The number of nitrogens with zero attached hydrogens (tertiary/aromatic N) is 4. The number of azo groups is 2. The highest BCUT2D eigenvalue weighted by Crippen LogP contribution is 2.52. The van der Waals surface area contributed by atoms with Crippen molar-refractivity contribution < 1.29 is 9.59 Å². The van der Waals surface area contributed by atoms with Crippen LogP contribution in [0.15, 0.2) is 202 Å². The molecule has 0 radical (unpaired) electrons. The van der Waals surface area contributed by atoms with Crippen molar-refractivity contribution in [1.82, 2.24) is 0 Å². The van der Waals surface area contributed by atoms with E-state index in [1.165, 1.54) is 0 Å². The fourth-order valence-electron chi connectivity index (χ4n) is 9.50. The Balaban J connectivity index is 1.14. The number of carbonyl (C=O) groups excluding carboxylic acids is 2. The van der Waals surface area contributed by atoms with Crippen molar-refractivity contribution in [3.63, 3.8) is 0 Å². The minimum absolute atomic E-state index is 0.0584. The molecule has 2 aliphatic rings. The quantitative estimate of drug-likeness (QED) is 0.108. The van der Waals surface area contributed by atoms with Crippen molar-refractivity contribution in [1.29, 1.82) is 0 Å². The van der Waals surface area contributed by atoms with Crippen LogP contribution in [-0.2, 0) is 9.59 Å². The molecule has 0 aliphatic heterocycles. The van der Waals surface area contributed by atoms with Gasteiger partial charge in [-0.1, -0.05) is 192 Å². The van der Waals surface area contributed by atoms with E-state index in [4.69, 9.17) is 66.9 Å². The maximum atomic E-state index is 14.5. The molecule has 2 aliphatic carbocycles. The lowest BCUT2D eigenvalue weighted by Gasteiger charge is -2.25. The highest BCUT2D eigenvalue weighted by atomic mass is 35.5. The van der Waals surface area contributed by atoms with E-state index in [9.17, 15) is 9.59 Å². The Labute approximate surface area is 458 Å². The number of thiophene rings is 2. The summed E-state index contributed by atoms with van der Waals surface area (Å²) in [6.45, 7) is 8.58. The number of Topliss-reactive ketones (excluding diaryl/α,β-unsaturated/α-hetero) is 2. The van der Waals surface area contributed by atoms with Gasteiger partial charge in [0.25, 0.3) is 0 Å². The lowest BCUT2D eigenvalue weighted by molar-refractivity contribution is -0.109. The zero-order valence-corrected chi connectivity index (χ0v) is 45.2. The number of rotatable bonds is 13. The van der Waals surface area contributed by atoms with Gasteiger partial charge in [-0.2, -0.15) is 20.5 Å². The summed E-state index contributed by atoms with van der Waals surface area (Å²) in [5, 5.41) is 21.8. The molecular formula is C62H46Cl4N4O2S2. The molecular weight excluding hydrogens is 1040 g/mol. The standard InChI is InChI=1S/C62H46Cl4N4O2S2/c1-35-37(3)61(73-59(35)55(69-67-49-31-45(63)29-46(64)32-49)43-25-51(39-17-9-5-10-18-39)57(71)52(26-43)40-19-11-6-12-20-40)62-38(4)36(2)60(74-62)56(70-68-50-33-47(65)30-48(66)34-50)44-27-53(41-21-13-7-14-22-41)58(72)54(28-44)42-23-15-8-16-24-42/h5-34,43-44,55-56H,1-4H3/b69-67+,70-68+. The highest BCUT2D eigenvalue weighted by Gasteiger charge is 2.36. The average molecular weight is 1090 g/mol. The summed E-state index contributed by atoms with van der Waals surface area (Å²) in [5.74, 6) is -0.899. The van der Waals surface area contributed by atoms with Crippen molar-refractivity contribution in [3.05, 3.63) is 256 Å². The van der Waals surface area contributed by atoms with E-state index in [-0.39, 0.29) is 11.6 Å². The molecule has 2 unspecified atom stereocenters. The molecule has 12 heteroatoms. The Kier molecular flexibility index (Phi) is 15.2. The minimum atomic E-state index is -0.564. The van der Waals surface area contributed by atoms with Gasteiger partial charge in [0.2, 0.25) is 0 Å². The molecule has 10 rings (SSSR count). The van der Waals surface area contributed by atoms with Gasteiger partial charge in [-0.25, -0.2) is 0 Å². The van der Waals surface area contributed by atoms with E-state index < -0.39 is 23.9 Å². The predicted octanol–water partition coefficient (Wildman–Crippen LogP) is 19.7. The third-order valence-electron chi connectivity index (χ3n) is 13.5. The summed E-state index contributed by atoms with van der Waals surface area (Å²) >= 11 is 29.3. The van der Waals surface area contributed by atoms with Gasteiger partial charge in [0, 0.05) is 73.7 Å². The molecule has 366 valence electrons. The molecule has 0 fully saturated rings. The lowest BCUT2D eigenvalue weighted by Crippen LogP contribution is -2.17. The number of benzene rings is 6. The van der Waals surface area contributed by atoms with Crippen LogP contribution in [0.5, 0.6) is 0 Å². The van der Waals surface area contributed by atoms with Crippen LogP contribution in [0.4, 0.5) is 11.4 Å². The summed E-state index contributed by atoms with van der Waals surface area (Å²) < 4.78 is 0. The largest absolute Gasteiger partial charge is 0.289 e. The average Bonchev–Trinajstić information content (AvgIpc) is 3.86. The fourth-order valence-corrected chi connectivity index (χ4v) is 13.6. The van der Waals surface area contributed by atoms with Crippen LogP contribution in [0.3, 0.4) is 0 Å². The summed E-state index contributed by atoms with van der Waals surface area (Å²) in [6, 6.07) is 48.2. The van der Waals surface area contributed by atoms with E-state index in [0.717, 1.165) is 64.0 Å². The van der Waals surface area contributed by atoms with Crippen molar-refractivity contribution in [2.75, 3.05) is 0 Å². The number of carbonyl (C=O) groups is 2. The maximum absolute atomic E-state index is 14.5. The Hall–Kier alpha value is -6.62. The zero-order chi connectivity index (χ0) is 51.6. The molecule has 0 N–H and O–H groups in total. The van der Waals surface area contributed by atoms with E-state index >= 15 is 0 Å². The first-order chi connectivity index (χ1) is 35.8. The molecule has 6 nitrogen and oxygen atoms in total. The van der Waals surface area contributed by atoms with Gasteiger partial charge < -0.3 is 0 Å². The molecule has 0 saturated carbocycles. The van der Waals surface area contributed by atoms with Crippen LogP contribution in [-0.4, -0.2) is 11.6 Å². The lowest BCUT2D eigenvalue weighted by atomic mass is 9.80. The van der Waals surface area contributed by atoms with Gasteiger partial charge in [-0.3, -0.25) is 9.59 Å². The maximum Gasteiger partial charge on any atom is 0.193 e. The van der Waals surface area contributed by atoms with Crippen molar-refractivity contribution >= 4 is 114 Å². The van der Waals surface area contributed by atoms with Crippen molar-refractivity contribution in [2.45, 2.75) is 39.8 Å². The van der Waals surface area contributed by atoms with Crippen LogP contribution in [0, 0.1) is 39.5 Å². The van der Waals surface area contributed by atoms with E-state index in [0.29, 0.717) is 53.8 Å². The van der Waals surface area contributed by atoms with Gasteiger partial charge >= 0.3 is 0 Å². The Morgan fingerprint density at radius 1 is 0.392 bits per heavy atom. The molecule has 0 bridgehead atoms. The smallest absolute Gasteiger partial charge is 0.193 e. The summed E-state index contributed by atoms with van der Waals surface area (Å²) in [4.78, 5) is 33.2. The third kappa shape index (κ3) is 10.7. The zero-order valence-electron chi connectivity index (χ0n) is 40.6. The van der Waals surface area contributed by atoms with Crippen LogP contribution < -0.4 is 0 Å². The first kappa shape index (κ1) is 50.9. The van der Waals surface area contributed by atoms with Crippen molar-refractivity contribution in [3.8, 4) is 9.75 Å².